The molecule has 3 rings (SSSR count). The Bertz CT molecular complexity index is 760. The van der Waals surface area contributed by atoms with Crippen molar-refractivity contribution in [1.82, 2.24) is 19.7 Å². The normalized spacial score (nSPS) is 11.1. The third-order valence-corrected chi connectivity index (χ3v) is 3.36. The van der Waals surface area contributed by atoms with Crippen LogP contribution in [-0.4, -0.2) is 19.7 Å². The molecule has 2 heterocycles. The average Bonchev–Trinajstić information content (AvgIpc) is 2.89. The number of rotatable bonds is 3. The van der Waals surface area contributed by atoms with Gasteiger partial charge >= 0.3 is 0 Å². The van der Waals surface area contributed by atoms with Gasteiger partial charge in [-0.3, -0.25) is 0 Å². The lowest BCUT2D eigenvalue weighted by Crippen LogP contribution is -2.08. The monoisotopic (exact) mass is 267 g/mol. The lowest BCUT2D eigenvalue weighted by atomic mass is 10.2. The summed E-state index contributed by atoms with van der Waals surface area (Å²) in [5.74, 6) is 1.03. The van der Waals surface area contributed by atoms with Crippen LogP contribution < -0.4 is 5.73 Å². The van der Waals surface area contributed by atoms with E-state index in [4.69, 9.17) is 5.73 Å². The molecule has 2 N–H and O–H groups in total. The molecule has 20 heavy (non-hydrogen) atoms. The van der Waals surface area contributed by atoms with Gasteiger partial charge in [0.2, 0.25) is 5.95 Å². The fourth-order valence-corrected chi connectivity index (χ4v) is 2.32. The molecule has 0 fully saturated rings. The number of benzene rings is 1. The molecule has 0 aliphatic heterocycles. The molecule has 0 saturated heterocycles. The van der Waals surface area contributed by atoms with Crippen LogP contribution in [0.15, 0.2) is 30.3 Å². The molecule has 1 aromatic carbocycles. The third kappa shape index (κ3) is 2.01. The van der Waals surface area contributed by atoms with Crippen LogP contribution >= 0.6 is 0 Å². The quantitative estimate of drug-likeness (QED) is 0.791. The number of nitrogens with zero attached hydrogens (tertiary/aromatic N) is 4. The maximum Gasteiger partial charge on any atom is 0.222 e. The van der Waals surface area contributed by atoms with Crippen LogP contribution in [0.2, 0.25) is 0 Å². The van der Waals surface area contributed by atoms with E-state index in [1.807, 2.05) is 28.9 Å². The van der Waals surface area contributed by atoms with E-state index >= 15 is 0 Å². The summed E-state index contributed by atoms with van der Waals surface area (Å²) in [6.07, 6.45) is 1.80. The Balaban J connectivity index is 2.31. The lowest BCUT2D eigenvalue weighted by Gasteiger charge is -2.09. The van der Waals surface area contributed by atoms with Crippen LogP contribution in [0.3, 0.4) is 0 Å². The smallest absolute Gasteiger partial charge is 0.222 e. The van der Waals surface area contributed by atoms with Gasteiger partial charge in [0.05, 0.1) is 11.2 Å². The Labute approximate surface area is 117 Å². The molecular weight excluding hydrogens is 250 g/mol. The van der Waals surface area contributed by atoms with Crippen molar-refractivity contribution in [2.24, 2.45) is 0 Å². The number of aromatic nitrogens is 4. The van der Waals surface area contributed by atoms with Gasteiger partial charge in [-0.2, -0.15) is 10.1 Å². The van der Waals surface area contributed by atoms with Crippen molar-refractivity contribution in [2.45, 2.75) is 26.7 Å². The van der Waals surface area contributed by atoms with Crippen molar-refractivity contribution >= 4 is 16.9 Å². The van der Waals surface area contributed by atoms with E-state index in [2.05, 4.69) is 35.0 Å². The second-order valence-electron chi connectivity index (χ2n) is 4.67. The molecule has 3 aromatic rings. The second-order valence-corrected chi connectivity index (χ2v) is 4.67. The molecule has 0 bridgehead atoms. The Morgan fingerprint density at radius 2 is 1.90 bits per heavy atom. The van der Waals surface area contributed by atoms with Crippen molar-refractivity contribution in [3.8, 4) is 5.82 Å². The van der Waals surface area contributed by atoms with Gasteiger partial charge in [-0.15, -0.1) is 0 Å². The molecule has 0 aliphatic rings. The molecule has 0 unspecified atom stereocenters. The highest BCUT2D eigenvalue weighted by atomic mass is 15.3. The Morgan fingerprint density at radius 3 is 2.65 bits per heavy atom. The summed E-state index contributed by atoms with van der Waals surface area (Å²) in [6, 6.07) is 9.97. The van der Waals surface area contributed by atoms with E-state index in [-0.39, 0.29) is 5.95 Å². The highest BCUT2D eigenvalue weighted by molar-refractivity contribution is 5.86. The predicted molar refractivity (Wildman–Crippen MR) is 79.8 cm³/mol. The van der Waals surface area contributed by atoms with E-state index < -0.39 is 0 Å². The van der Waals surface area contributed by atoms with Crippen molar-refractivity contribution < 1.29 is 0 Å². The van der Waals surface area contributed by atoms with Crippen molar-refractivity contribution in [3.05, 3.63) is 41.7 Å². The van der Waals surface area contributed by atoms with Crippen LogP contribution in [0, 0.1) is 0 Å². The zero-order valence-electron chi connectivity index (χ0n) is 11.7. The van der Waals surface area contributed by atoms with E-state index in [0.717, 1.165) is 41.0 Å². The molecule has 0 aliphatic carbocycles. The van der Waals surface area contributed by atoms with Gasteiger partial charge in [0, 0.05) is 11.1 Å². The summed E-state index contributed by atoms with van der Waals surface area (Å²) in [4.78, 5) is 8.66. The zero-order valence-corrected chi connectivity index (χ0v) is 11.7. The van der Waals surface area contributed by atoms with E-state index in [1.165, 1.54) is 0 Å². The van der Waals surface area contributed by atoms with Crippen molar-refractivity contribution in [2.75, 3.05) is 5.73 Å². The highest BCUT2D eigenvalue weighted by Gasteiger charge is 2.13. The Kier molecular flexibility index (Phi) is 3.10. The Morgan fingerprint density at radius 1 is 1.10 bits per heavy atom. The first-order valence-electron chi connectivity index (χ1n) is 6.83. The summed E-state index contributed by atoms with van der Waals surface area (Å²) in [6.45, 7) is 4.21. The van der Waals surface area contributed by atoms with Gasteiger partial charge < -0.3 is 5.73 Å². The molecule has 5 nitrogen and oxygen atoms in total. The summed E-state index contributed by atoms with van der Waals surface area (Å²) >= 11 is 0. The lowest BCUT2D eigenvalue weighted by molar-refractivity contribution is 0.777. The summed E-state index contributed by atoms with van der Waals surface area (Å²) < 4.78 is 1.89. The number of aryl methyl sites for hydroxylation is 2. The van der Waals surface area contributed by atoms with E-state index in [0.29, 0.717) is 0 Å². The fraction of sp³-hybridized carbons (Fsp3) is 0.267. The minimum Gasteiger partial charge on any atom is -0.368 e. The van der Waals surface area contributed by atoms with Crippen molar-refractivity contribution in [1.29, 1.82) is 0 Å². The molecule has 0 amide bonds. The third-order valence-electron chi connectivity index (χ3n) is 3.36. The summed E-state index contributed by atoms with van der Waals surface area (Å²) in [7, 11) is 0. The average molecular weight is 267 g/mol. The maximum absolute atomic E-state index is 5.83. The Hall–Kier alpha value is -2.43. The van der Waals surface area contributed by atoms with Crippen LogP contribution in [-0.2, 0) is 12.8 Å². The van der Waals surface area contributed by atoms with Crippen molar-refractivity contribution in [3.63, 3.8) is 0 Å². The maximum atomic E-state index is 5.83. The number of hydrogen-bond donors (Lipinski definition) is 1. The second kappa shape index (κ2) is 4.92. The largest absolute Gasteiger partial charge is 0.368 e. The number of hydrogen-bond acceptors (Lipinski definition) is 4. The van der Waals surface area contributed by atoms with Gasteiger partial charge in [-0.1, -0.05) is 26.0 Å². The van der Waals surface area contributed by atoms with Gasteiger partial charge in [-0.25, -0.2) is 9.67 Å². The molecule has 0 radical (unpaired) electrons. The molecule has 5 heteroatoms. The number of para-hydroxylation sites is 1. The van der Waals surface area contributed by atoms with Crippen LogP contribution in [0.5, 0.6) is 0 Å². The predicted octanol–water partition coefficient (Wildman–Crippen LogP) is 2.52. The van der Waals surface area contributed by atoms with E-state index in [9.17, 15) is 0 Å². The first kappa shape index (κ1) is 12.6. The standard InChI is InChI=1S/C15H17N5/c1-3-10-9-11(4-2)20(19-10)14-12-7-5-6-8-13(12)17-15(16)18-14/h5-9H,3-4H2,1-2H3,(H2,16,17,18). The number of nitrogen functional groups attached to an aromatic ring is 1. The van der Waals surface area contributed by atoms with Crippen LogP contribution in [0.25, 0.3) is 16.7 Å². The van der Waals surface area contributed by atoms with Gasteiger partial charge in [0.15, 0.2) is 5.82 Å². The number of anilines is 1. The van der Waals surface area contributed by atoms with Gasteiger partial charge in [0.25, 0.3) is 0 Å². The highest BCUT2D eigenvalue weighted by Crippen LogP contribution is 2.22. The van der Waals surface area contributed by atoms with Crippen LogP contribution in [0.1, 0.15) is 25.2 Å². The zero-order chi connectivity index (χ0) is 14.1. The minimum atomic E-state index is 0.273. The summed E-state index contributed by atoms with van der Waals surface area (Å²) in [5, 5.41) is 5.59. The molecule has 0 atom stereocenters. The number of nitrogens with two attached hydrogens (primary N) is 1. The molecule has 0 spiro atoms. The fourth-order valence-electron chi connectivity index (χ4n) is 2.32. The number of fused-ring (bicyclic) bond motifs is 1. The SMILES string of the molecule is CCc1cc(CC)n(-c2nc(N)nc3ccccc23)n1. The van der Waals surface area contributed by atoms with Crippen LogP contribution in [0.4, 0.5) is 5.95 Å². The molecule has 0 saturated carbocycles. The van der Waals surface area contributed by atoms with Gasteiger partial charge in [-0.05, 0) is 31.0 Å². The molecular formula is C15H17N5. The first-order valence-corrected chi connectivity index (χ1v) is 6.83. The minimum absolute atomic E-state index is 0.273. The molecule has 102 valence electrons. The molecule has 2 aromatic heterocycles. The van der Waals surface area contributed by atoms with E-state index in [1.54, 1.807) is 0 Å². The first-order chi connectivity index (χ1) is 9.72. The summed E-state index contributed by atoms with van der Waals surface area (Å²) in [5.41, 5.74) is 8.86. The topological polar surface area (TPSA) is 69.6 Å². The van der Waals surface area contributed by atoms with Gasteiger partial charge in [0.1, 0.15) is 0 Å².